The molecule has 0 saturated carbocycles. The molecule has 1 atom stereocenters. The van der Waals surface area contributed by atoms with Gasteiger partial charge in [0, 0.05) is 19.6 Å². The number of benzene rings is 1. The first kappa shape index (κ1) is 16.9. The second kappa shape index (κ2) is 9.72. The van der Waals surface area contributed by atoms with E-state index in [-0.39, 0.29) is 19.8 Å². The first-order chi connectivity index (χ1) is 9.69. The fourth-order valence-electron chi connectivity index (χ4n) is 1.94. The highest BCUT2D eigenvalue weighted by atomic mass is 16.5. The van der Waals surface area contributed by atoms with Crippen LogP contribution in [0.2, 0.25) is 0 Å². The molecule has 5 nitrogen and oxygen atoms in total. The SMILES string of the molecule is CCc1ccc(OC[C@@H](O)CN(CCO)CCO)cc1. The Morgan fingerprint density at radius 1 is 1.10 bits per heavy atom. The molecule has 0 aliphatic rings. The summed E-state index contributed by atoms with van der Waals surface area (Å²) in [7, 11) is 0. The van der Waals surface area contributed by atoms with E-state index in [4.69, 9.17) is 14.9 Å². The molecule has 114 valence electrons. The molecular formula is C15H25NO4. The predicted octanol–water partition coefficient (Wildman–Crippen LogP) is 0.275. The quantitative estimate of drug-likeness (QED) is 0.575. The van der Waals surface area contributed by atoms with Crippen molar-refractivity contribution in [3.05, 3.63) is 29.8 Å². The van der Waals surface area contributed by atoms with E-state index in [9.17, 15) is 5.11 Å². The molecule has 0 radical (unpaired) electrons. The predicted molar refractivity (Wildman–Crippen MR) is 77.9 cm³/mol. The van der Waals surface area contributed by atoms with Crippen LogP contribution in [0.5, 0.6) is 5.75 Å². The van der Waals surface area contributed by atoms with Crippen molar-refractivity contribution < 1.29 is 20.1 Å². The molecule has 5 heteroatoms. The summed E-state index contributed by atoms with van der Waals surface area (Å²) in [6.45, 7) is 3.53. The van der Waals surface area contributed by atoms with Crippen LogP contribution in [0.25, 0.3) is 0 Å². The Hall–Kier alpha value is -1.14. The van der Waals surface area contributed by atoms with Crippen molar-refractivity contribution in [2.75, 3.05) is 39.5 Å². The summed E-state index contributed by atoms with van der Waals surface area (Å²) in [6, 6.07) is 7.80. The summed E-state index contributed by atoms with van der Waals surface area (Å²) >= 11 is 0. The van der Waals surface area contributed by atoms with Gasteiger partial charge >= 0.3 is 0 Å². The van der Waals surface area contributed by atoms with Crippen LogP contribution in [0.1, 0.15) is 12.5 Å². The van der Waals surface area contributed by atoms with Crippen LogP contribution in [-0.4, -0.2) is 65.8 Å². The highest BCUT2D eigenvalue weighted by Crippen LogP contribution is 2.12. The van der Waals surface area contributed by atoms with Crippen molar-refractivity contribution >= 4 is 0 Å². The van der Waals surface area contributed by atoms with E-state index < -0.39 is 6.10 Å². The first-order valence-corrected chi connectivity index (χ1v) is 7.03. The molecule has 20 heavy (non-hydrogen) atoms. The number of aliphatic hydroxyl groups is 3. The van der Waals surface area contributed by atoms with Gasteiger partial charge in [0.1, 0.15) is 18.5 Å². The lowest BCUT2D eigenvalue weighted by atomic mass is 10.2. The Kier molecular flexibility index (Phi) is 8.22. The molecule has 0 spiro atoms. The van der Waals surface area contributed by atoms with Gasteiger partial charge in [0.15, 0.2) is 0 Å². The molecule has 3 N–H and O–H groups in total. The van der Waals surface area contributed by atoms with Gasteiger partial charge in [-0.3, -0.25) is 4.90 Å². The molecule has 0 aromatic heterocycles. The molecule has 1 aromatic rings. The average molecular weight is 283 g/mol. The van der Waals surface area contributed by atoms with Gasteiger partial charge in [-0.15, -0.1) is 0 Å². The average Bonchev–Trinajstić information content (AvgIpc) is 2.46. The second-order valence-corrected chi connectivity index (χ2v) is 4.71. The van der Waals surface area contributed by atoms with Gasteiger partial charge in [0.2, 0.25) is 0 Å². The number of hydrogen-bond donors (Lipinski definition) is 3. The highest BCUT2D eigenvalue weighted by molar-refractivity contribution is 5.27. The summed E-state index contributed by atoms with van der Waals surface area (Å²) in [5.74, 6) is 0.733. The normalized spacial score (nSPS) is 12.7. The molecule has 0 saturated heterocycles. The molecule has 0 fully saturated rings. The van der Waals surface area contributed by atoms with Crippen LogP contribution in [0.15, 0.2) is 24.3 Å². The highest BCUT2D eigenvalue weighted by Gasteiger charge is 2.11. The van der Waals surface area contributed by atoms with Gasteiger partial charge in [0.05, 0.1) is 13.2 Å². The number of aryl methyl sites for hydroxylation is 1. The molecule has 0 heterocycles. The Labute approximate surface area is 120 Å². The smallest absolute Gasteiger partial charge is 0.119 e. The maximum absolute atomic E-state index is 9.91. The number of hydrogen-bond acceptors (Lipinski definition) is 5. The number of nitrogens with zero attached hydrogens (tertiary/aromatic N) is 1. The van der Waals surface area contributed by atoms with Crippen molar-refractivity contribution in [3.63, 3.8) is 0 Å². The monoisotopic (exact) mass is 283 g/mol. The number of rotatable bonds is 10. The maximum atomic E-state index is 9.91. The van der Waals surface area contributed by atoms with Crippen LogP contribution in [0.3, 0.4) is 0 Å². The Bertz CT molecular complexity index is 349. The van der Waals surface area contributed by atoms with Crippen molar-refractivity contribution in [2.45, 2.75) is 19.4 Å². The third kappa shape index (κ3) is 6.34. The zero-order valence-electron chi connectivity index (χ0n) is 12.0. The lowest BCUT2D eigenvalue weighted by molar-refractivity contribution is 0.0552. The van der Waals surface area contributed by atoms with E-state index in [1.54, 1.807) is 4.90 Å². The minimum absolute atomic E-state index is 0.00601. The zero-order valence-corrected chi connectivity index (χ0v) is 12.0. The summed E-state index contributed by atoms with van der Waals surface area (Å²) in [4.78, 5) is 1.80. The topological polar surface area (TPSA) is 73.2 Å². The van der Waals surface area contributed by atoms with Crippen LogP contribution >= 0.6 is 0 Å². The maximum Gasteiger partial charge on any atom is 0.119 e. The molecule has 1 aromatic carbocycles. The Morgan fingerprint density at radius 3 is 2.20 bits per heavy atom. The zero-order chi connectivity index (χ0) is 14.8. The van der Waals surface area contributed by atoms with E-state index in [1.165, 1.54) is 5.56 Å². The summed E-state index contributed by atoms with van der Waals surface area (Å²) in [5.41, 5.74) is 1.25. The summed E-state index contributed by atoms with van der Waals surface area (Å²) < 4.78 is 5.52. The van der Waals surface area contributed by atoms with Crippen LogP contribution in [0.4, 0.5) is 0 Å². The molecule has 0 amide bonds. The molecule has 1 rings (SSSR count). The van der Waals surface area contributed by atoms with Crippen LogP contribution in [-0.2, 0) is 6.42 Å². The minimum Gasteiger partial charge on any atom is -0.491 e. The third-order valence-corrected chi connectivity index (χ3v) is 3.08. The molecular weight excluding hydrogens is 258 g/mol. The van der Waals surface area contributed by atoms with Gasteiger partial charge < -0.3 is 20.1 Å². The molecule has 0 unspecified atom stereocenters. The molecule has 0 bridgehead atoms. The third-order valence-electron chi connectivity index (χ3n) is 3.08. The fourth-order valence-corrected chi connectivity index (χ4v) is 1.94. The van der Waals surface area contributed by atoms with Gasteiger partial charge in [-0.1, -0.05) is 19.1 Å². The Morgan fingerprint density at radius 2 is 1.70 bits per heavy atom. The number of ether oxygens (including phenoxy) is 1. The van der Waals surface area contributed by atoms with Crippen molar-refractivity contribution in [3.8, 4) is 5.75 Å². The largest absolute Gasteiger partial charge is 0.491 e. The number of aliphatic hydroxyl groups excluding tert-OH is 3. The van der Waals surface area contributed by atoms with E-state index >= 15 is 0 Å². The second-order valence-electron chi connectivity index (χ2n) is 4.71. The summed E-state index contributed by atoms with van der Waals surface area (Å²) in [5, 5.41) is 27.7. The molecule has 0 aliphatic heterocycles. The van der Waals surface area contributed by atoms with Gasteiger partial charge in [-0.2, -0.15) is 0 Å². The van der Waals surface area contributed by atoms with E-state index in [2.05, 4.69) is 6.92 Å². The fraction of sp³-hybridized carbons (Fsp3) is 0.600. The van der Waals surface area contributed by atoms with Gasteiger partial charge in [-0.05, 0) is 24.1 Å². The van der Waals surface area contributed by atoms with Crippen molar-refractivity contribution in [1.82, 2.24) is 4.90 Å². The van der Waals surface area contributed by atoms with Gasteiger partial charge in [0.25, 0.3) is 0 Å². The lowest BCUT2D eigenvalue weighted by Crippen LogP contribution is -2.38. The first-order valence-electron chi connectivity index (χ1n) is 7.03. The van der Waals surface area contributed by atoms with Crippen molar-refractivity contribution in [2.24, 2.45) is 0 Å². The summed E-state index contributed by atoms with van der Waals surface area (Å²) in [6.07, 6.45) is 0.333. The Balaban J connectivity index is 2.35. The van der Waals surface area contributed by atoms with E-state index in [0.29, 0.717) is 19.6 Å². The minimum atomic E-state index is -0.654. The standard InChI is InChI=1S/C15H25NO4/c1-2-13-3-5-15(6-4-13)20-12-14(19)11-16(7-9-17)8-10-18/h3-6,14,17-19H,2,7-12H2,1H3/t14-/m0/s1. The van der Waals surface area contributed by atoms with Gasteiger partial charge in [-0.25, -0.2) is 0 Å². The lowest BCUT2D eigenvalue weighted by Gasteiger charge is -2.23. The van der Waals surface area contributed by atoms with E-state index in [1.807, 2.05) is 24.3 Å². The van der Waals surface area contributed by atoms with Crippen molar-refractivity contribution in [1.29, 1.82) is 0 Å². The van der Waals surface area contributed by atoms with Crippen LogP contribution < -0.4 is 4.74 Å². The van der Waals surface area contributed by atoms with E-state index in [0.717, 1.165) is 12.2 Å². The van der Waals surface area contributed by atoms with Crippen LogP contribution in [0, 0.1) is 0 Å². The molecule has 0 aliphatic carbocycles.